The molecule has 2 rings (SSSR count). The highest BCUT2D eigenvalue weighted by Crippen LogP contribution is 1.98. The molecule has 1 aromatic heterocycles. The molecule has 0 saturated carbocycles. The molecule has 0 unspecified atom stereocenters. The van der Waals surface area contributed by atoms with Crippen molar-refractivity contribution in [1.29, 1.82) is 0 Å². The molecule has 0 aliphatic carbocycles. The SMILES string of the molecule is CC(C)CCNC(=O)Cn1nc2n(c1=O)CCNC2. The number of hydrogen-bond donors (Lipinski definition) is 2. The molecule has 19 heavy (non-hydrogen) atoms. The van der Waals surface area contributed by atoms with Gasteiger partial charge in [-0.25, -0.2) is 9.48 Å². The van der Waals surface area contributed by atoms with E-state index in [1.807, 2.05) is 0 Å². The van der Waals surface area contributed by atoms with Gasteiger partial charge in [0.05, 0.1) is 6.54 Å². The normalized spacial score (nSPS) is 14.5. The van der Waals surface area contributed by atoms with E-state index < -0.39 is 0 Å². The van der Waals surface area contributed by atoms with Gasteiger partial charge in [0.25, 0.3) is 0 Å². The van der Waals surface area contributed by atoms with Crippen molar-refractivity contribution in [3.05, 3.63) is 16.3 Å². The van der Waals surface area contributed by atoms with Crippen LogP contribution in [0.15, 0.2) is 4.79 Å². The van der Waals surface area contributed by atoms with Gasteiger partial charge in [0.2, 0.25) is 5.91 Å². The summed E-state index contributed by atoms with van der Waals surface area (Å²) in [5.41, 5.74) is -0.199. The molecule has 2 N–H and O–H groups in total. The molecule has 0 bridgehead atoms. The van der Waals surface area contributed by atoms with Crippen LogP contribution in [0.1, 0.15) is 26.1 Å². The highest BCUT2D eigenvalue weighted by atomic mass is 16.2. The predicted octanol–water partition coefficient (Wildman–Crippen LogP) is -0.690. The number of nitrogens with one attached hydrogen (secondary N) is 2. The molecule has 7 heteroatoms. The molecule has 1 aliphatic heterocycles. The second-order valence-corrected chi connectivity index (χ2v) is 5.22. The fraction of sp³-hybridized carbons (Fsp3) is 0.750. The smallest absolute Gasteiger partial charge is 0.346 e. The molecule has 0 atom stereocenters. The van der Waals surface area contributed by atoms with Crippen LogP contribution in [-0.2, 0) is 24.4 Å². The summed E-state index contributed by atoms with van der Waals surface area (Å²) >= 11 is 0. The van der Waals surface area contributed by atoms with Crippen molar-refractivity contribution in [2.24, 2.45) is 5.92 Å². The minimum Gasteiger partial charge on any atom is -0.354 e. The molecule has 0 aromatic carbocycles. The first-order chi connectivity index (χ1) is 9.08. The number of carbonyl (C=O) groups excluding carboxylic acids is 1. The average Bonchev–Trinajstić information content (AvgIpc) is 2.66. The van der Waals surface area contributed by atoms with Crippen LogP contribution in [0.25, 0.3) is 0 Å². The summed E-state index contributed by atoms with van der Waals surface area (Å²) in [7, 11) is 0. The van der Waals surface area contributed by atoms with Crippen LogP contribution < -0.4 is 16.3 Å². The third kappa shape index (κ3) is 3.44. The molecular formula is C12H21N5O2. The second-order valence-electron chi connectivity index (χ2n) is 5.22. The number of nitrogens with zero attached hydrogens (tertiary/aromatic N) is 3. The molecule has 2 heterocycles. The van der Waals surface area contributed by atoms with Crippen molar-refractivity contribution in [2.75, 3.05) is 13.1 Å². The van der Waals surface area contributed by atoms with E-state index in [4.69, 9.17) is 0 Å². The van der Waals surface area contributed by atoms with Crippen molar-refractivity contribution < 1.29 is 4.79 Å². The van der Waals surface area contributed by atoms with E-state index in [0.717, 1.165) is 13.0 Å². The summed E-state index contributed by atoms with van der Waals surface area (Å²) in [6.07, 6.45) is 0.935. The van der Waals surface area contributed by atoms with Crippen LogP contribution in [0, 0.1) is 5.92 Å². The number of rotatable bonds is 5. The number of amides is 1. The summed E-state index contributed by atoms with van der Waals surface area (Å²) in [5.74, 6) is 1.09. The third-order valence-electron chi connectivity index (χ3n) is 3.13. The van der Waals surface area contributed by atoms with Gasteiger partial charge in [-0.3, -0.25) is 9.36 Å². The Bertz CT molecular complexity index is 503. The quantitative estimate of drug-likeness (QED) is 0.740. The van der Waals surface area contributed by atoms with Crippen LogP contribution in [0.2, 0.25) is 0 Å². The predicted molar refractivity (Wildman–Crippen MR) is 70.7 cm³/mol. The van der Waals surface area contributed by atoms with Crippen molar-refractivity contribution in [2.45, 2.75) is 39.9 Å². The summed E-state index contributed by atoms with van der Waals surface area (Å²) in [6.45, 7) is 6.80. The van der Waals surface area contributed by atoms with Crippen molar-refractivity contribution in [3.63, 3.8) is 0 Å². The maximum absolute atomic E-state index is 12.0. The zero-order valence-electron chi connectivity index (χ0n) is 11.5. The van der Waals surface area contributed by atoms with Gasteiger partial charge in [-0.2, -0.15) is 5.10 Å². The van der Waals surface area contributed by atoms with E-state index in [-0.39, 0.29) is 18.1 Å². The van der Waals surface area contributed by atoms with Gasteiger partial charge < -0.3 is 10.6 Å². The van der Waals surface area contributed by atoms with E-state index in [1.165, 1.54) is 4.68 Å². The molecule has 7 nitrogen and oxygen atoms in total. The van der Waals surface area contributed by atoms with Crippen LogP contribution in [0.5, 0.6) is 0 Å². The van der Waals surface area contributed by atoms with E-state index in [1.54, 1.807) is 4.57 Å². The standard InChI is InChI=1S/C12H21N5O2/c1-9(2)3-4-14-11(18)8-17-12(19)16-6-5-13-7-10(16)15-17/h9,13H,3-8H2,1-2H3,(H,14,18). The van der Waals surface area contributed by atoms with Gasteiger partial charge in [0.15, 0.2) is 0 Å². The third-order valence-corrected chi connectivity index (χ3v) is 3.13. The minimum absolute atomic E-state index is 0.00305. The highest BCUT2D eigenvalue weighted by Gasteiger charge is 2.17. The zero-order valence-corrected chi connectivity index (χ0v) is 11.5. The molecule has 0 fully saturated rings. The van der Waals surface area contributed by atoms with Crippen LogP contribution in [0.3, 0.4) is 0 Å². The molecule has 0 radical (unpaired) electrons. The van der Waals surface area contributed by atoms with Gasteiger partial charge in [-0.1, -0.05) is 13.8 Å². The van der Waals surface area contributed by atoms with Gasteiger partial charge in [-0.15, -0.1) is 0 Å². The molecular weight excluding hydrogens is 246 g/mol. The summed E-state index contributed by atoms with van der Waals surface area (Å²) < 4.78 is 2.87. The van der Waals surface area contributed by atoms with Crippen molar-refractivity contribution in [1.82, 2.24) is 25.0 Å². The van der Waals surface area contributed by atoms with E-state index >= 15 is 0 Å². The monoisotopic (exact) mass is 267 g/mol. The molecule has 0 saturated heterocycles. The van der Waals surface area contributed by atoms with Crippen molar-refractivity contribution in [3.8, 4) is 0 Å². The number of fused-ring (bicyclic) bond motifs is 1. The lowest BCUT2D eigenvalue weighted by molar-refractivity contribution is -0.121. The van der Waals surface area contributed by atoms with Gasteiger partial charge in [0.1, 0.15) is 12.4 Å². The average molecular weight is 267 g/mol. The summed E-state index contributed by atoms with van der Waals surface area (Å²) in [6, 6.07) is 0. The van der Waals surface area contributed by atoms with Crippen molar-refractivity contribution >= 4 is 5.91 Å². The fourth-order valence-electron chi connectivity index (χ4n) is 2.03. The molecule has 1 aliphatic rings. The Morgan fingerprint density at radius 3 is 3.00 bits per heavy atom. The lowest BCUT2D eigenvalue weighted by Crippen LogP contribution is -2.36. The van der Waals surface area contributed by atoms with Crippen LogP contribution in [0.4, 0.5) is 0 Å². The van der Waals surface area contributed by atoms with Crippen LogP contribution in [-0.4, -0.2) is 33.3 Å². The first-order valence-electron chi connectivity index (χ1n) is 6.72. The fourth-order valence-corrected chi connectivity index (χ4v) is 2.03. The van der Waals surface area contributed by atoms with Crippen LogP contribution >= 0.6 is 0 Å². The Hall–Kier alpha value is -1.63. The Morgan fingerprint density at radius 1 is 1.53 bits per heavy atom. The lowest BCUT2D eigenvalue weighted by Gasteiger charge is -2.11. The Labute approximate surface area is 112 Å². The van der Waals surface area contributed by atoms with E-state index in [0.29, 0.717) is 31.4 Å². The zero-order chi connectivity index (χ0) is 13.8. The maximum Gasteiger partial charge on any atom is 0.346 e. The van der Waals surface area contributed by atoms with E-state index in [2.05, 4.69) is 29.6 Å². The Morgan fingerprint density at radius 2 is 2.32 bits per heavy atom. The molecule has 0 spiro atoms. The topological polar surface area (TPSA) is 81.0 Å². The number of aromatic nitrogens is 3. The van der Waals surface area contributed by atoms with Gasteiger partial charge in [0, 0.05) is 19.6 Å². The largest absolute Gasteiger partial charge is 0.354 e. The summed E-state index contributed by atoms with van der Waals surface area (Å²) in [5, 5.41) is 10.1. The number of carbonyl (C=O) groups is 1. The first-order valence-corrected chi connectivity index (χ1v) is 6.72. The van der Waals surface area contributed by atoms with Gasteiger partial charge in [-0.05, 0) is 12.3 Å². The lowest BCUT2D eigenvalue weighted by atomic mass is 10.1. The molecule has 1 aromatic rings. The Kier molecular flexibility index (Phi) is 4.36. The second kappa shape index (κ2) is 6.01. The summed E-state index contributed by atoms with van der Waals surface area (Å²) in [4.78, 5) is 23.7. The number of hydrogen-bond acceptors (Lipinski definition) is 4. The minimum atomic E-state index is -0.199. The maximum atomic E-state index is 12.0. The highest BCUT2D eigenvalue weighted by molar-refractivity contribution is 5.75. The Balaban J connectivity index is 1.94. The van der Waals surface area contributed by atoms with Gasteiger partial charge >= 0.3 is 5.69 Å². The molecule has 1 amide bonds. The molecule has 106 valence electrons. The van der Waals surface area contributed by atoms with E-state index in [9.17, 15) is 9.59 Å². The first kappa shape index (κ1) is 13.8.